The van der Waals surface area contributed by atoms with Gasteiger partial charge in [-0.1, -0.05) is 84.9 Å². The minimum absolute atomic E-state index is 0.247. The molecular formula is C24H20NO3P. The van der Waals surface area contributed by atoms with E-state index in [2.05, 4.69) is 5.32 Å². The van der Waals surface area contributed by atoms with E-state index in [4.69, 9.17) is 4.42 Å². The summed E-state index contributed by atoms with van der Waals surface area (Å²) in [7, 11) is -3.11. The number of hydrogen-bond acceptors (Lipinski definition) is 3. The summed E-state index contributed by atoms with van der Waals surface area (Å²) < 4.78 is 19.7. The lowest BCUT2D eigenvalue weighted by Gasteiger charge is -2.22. The molecule has 3 aromatic carbocycles. The first-order valence-electron chi connectivity index (χ1n) is 9.31. The highest BCUT2D eigenvalue weighted by Gasteiger charge is 2.31. The van der Waals surface area contributed by atoms with Crippen molar-refractivity contribution >= 4 is 29.0 Å². The highest BCUT2D eigenvalue weighted by atomic mass is 31.2. The molecule has 0 fully saturated rings. The van der Waals surface area contributed by atoms with Crippen LogP contribution in [0.2, 0.25) is 0 Å². The molecule has 0 atom stereocenters. The second-order valence-corrected chi connectivity index (χ2v) is 9.30. The zero-order valence-corrected chi connectivity index (χ0v) is 16.6. The molecule has 0 aliphatic carbocycles. The molecule has 1 aromatic heterocycles. The number of benzene rings is 3. The molecule has 4 rings (SSSR count). The number of amides is 1. The number of carbonyl (C=O) groups is 1. The highest BCUT2D eigenvalue weighted by molar-refractivity contribution is 7.85. The van der Waals surface area contributed by atoms with Crippen LogP contribution in [0.3, 0.4) is 0 Å². The van der Waals surface area contributed by atoms with Crippen LogP contribution in [-0.4, -0.2) is 5.91 Å². The van der Waals surface area contributed by atoms with Gasteiger partial charge in [0.15, 0.2) is 12.9 Å². The van der Waals surface area contributed by atoms with Crippen LogP contribution < -0.4 is 21.2 Å². The molecule has 0 unspecified atom stereocenters. The molecule has 0 aliphatic rings. The van der Waals surface area contributed by atoms with Gasteiger partial charge in [0.25, 0.3) is 5.91 Å². The maximum absolute atomic E-state index is 14.6. The Kier molecular flexibility index (Phi) is 5.46. The minimum Gasteiger partial charge on any atom is -0.459 e. The smallest absolute Gasteiger partial charge is 0.287 e. The molecule has 0 radical (unpaired) electrons. The van der Waals surface area contributed by atoms with Gasteiger partial charge < -0.3 is 14.3 Å². The first-order chi connectivity index (χ1) is 14.2. The molecule has 1 N–H and O–H groups in total. The van der Waals surface area contributed by atoms with Crippen LogP contribution in [0, 0.1) is 0 Å². The summed E-state index contributed by atoms with van der Waals surface area (Å²) >= 11 is 0. The van der Waals surface area contributed by atoms with Crippen LogP contribution in [0.15, 0.2) is 108 Å². The Morgan fingerprint density at radius 3 is 1.93 bits per heavy atom. The number of hydrogen-bond donors (Lipinski definition) is 1. The van der Waals surface area contributed by atoms with Gasteiger partial charge in [0.1, 0.15) is 0 Å². The Bertz CT molecular complexity index is 1100. The third-order valence-electron chi connectivity index (χ3n) is 4.75. The van der Waals surface area contributed by atoms with E-state index in [-0.39, 0.29) is 18.2 Å². The van der Waals surface area contributed by atoms with Crippen LogP contribution in [-0.2, 0) is 11.1 Å². The first kappa shape index (κ1) is 19.0. The van der Waals surface area contributed by atoms with E-state index in [1.807, 2.05) is 84.9 Å². The fraction of sp³-hybridized carbons (Fsp3) is 0.0417. The lowest BCUT2D eigenvalue weighted by Crippen LogP contribution is -2.30. The number of rotatable bonds is 6. The van der Waals surface area contributed by atoms with Gasteiger partial charge in [0, 0.05) is 22.5 Å². The van der Waals surface area contributed by atoms with E-state index in [9.17, 15) is 9.36 Å². The topological polar surface area (TPSA) is 59.3 Å². The fourth-order valence-corrected chi connectivity index (χ4v) is 6.23. The summed E-state index contributed by atoms with van der Waals surface area (Å²) in [6.07, 6.45) is 1.46. The van der Waals surface area contributed by atoms with E-state index in [0.717, 1.165) is 21.5 Å². The summed E-state index contributed by atoms with van der Waals surface area (Å²) in [5, 5.41) is 5.10. The van der Waals surface area contributed by atoms with Gasteiger partial charge in [0.2, 0.25) is 0 Å². The third kappa shape index (κ3) is 3.80. The predicted molar refractivity (Wildman–Crippen MR) is 116 cm³/mol. The summed E-state index contributed by atoms with van der Waals surface area (Å²) in [5.41, 5.74) is 0.809. The average Bonchev–Trinajstić information content (AvgIpc) is 3.33. The van der Waals surface area contributed by atoms with Crippen LogP contribution in [0.25, 0.3) is 0 Å². The SMILES string of the molecule is O=C(NCc1ccccc1P(=O)(c1ccccc1)c1ccccc1)c1ccco1. The van der Waals surface area contributed by atoms with E-state index in [0.29, 0.717) is 0 Å². The van der Waals surface area contributed by atoms with E-state index in [1.165, 1.54) is 6.26 Å². The molecule has 1 heterocycles. The van der Waals surface area contributed by atoms with Crippen LogP contribution in [0.4, 0.5) is 0 Å². The molecule has 0 bridgehead atoms. The second-order valence-electron chi connectivity index (χ2n) is 6.57. The largest absolute Gasteiger partial charge is 0.459 e. The average molecular weight is 401 g/mol. The van der Waals surface area contributed by atoms with Crippen molar-refractivity contribution in [2.24, 2.45) is 0 Å². The summed E-state index contributed by atoms with van der Waals surface area (Å²) in [4.78, 5) is 12.3. The molecular weight excluding hydrogens is 381 g/mol. The van der Waals surface area contributed by atoms with Crippen LogP contribution >= 0.6 is 7.14 Å². The van der Waals surface area contributed by atoms with Crippen molar-refractivity contribution in [3.05, 3.63) is 115 Å². The van der Waals surface area contributed by atoms with Crippen LogP contribution in [0.5, 0.6) is 0 Å². The second kappa shape index (κ2) is 8.34. The molecule has 0 spiro atoms. The van der Waals surface area contributed by atoms with Gasteiger partial charge in [-0.25, -0.2) is 0 Å². The number of nitrogens with one attached hydrogen (secondary N) is 1. The van der Waals surface area contributed by atoms with Crippen molar-refractivity contribution in [2.75, 3.05) is 0 Å². The summed E-state index contributed by atoms with van der Waals surface area (Å²) in [6.45, 7) is 0.249. The van der Waals surface area contributed by atoms with E-state index < -0.39 is 7.14 Å². The van der Waals surface area contributed by atoms with Crippen LogP contribution in [0.1, 0.15) is 16.1 Å². The molecule has 0 saturated heterocycles. The summed E-state index contributed by atoms with van der Waals surface area (Å²) in [6, 6.07) is 29.8. The molecule has 29 heavy (non-hydrogen) atoms. The Morgan fingerprint density at radius 1 is 0.759 bits per heavy atom. The molecule has 4 aromatic rings. The van der Waals surface area contributed by atoms with Gasteiger partial charge in [-0.05, 0) is 17.7 Å². The number of furan rings is 1. The van der Waals surface area contributed by atoms with Gasteiger partial charge in [0.05, 0.1) is 6.26 Å². The Morgan fingerprint density at radius 2 is 1.34 bits per heavy atom. The Hall–Kier alpha value is -3.36. The zero-order valence-electron chi connectivity index (χ0n) is 15.7. The predicted octanol–water partition coefficient (Wildman–Crippen LogP) is 3.85. The van der Waals surface area contributed by atoms with Crippen molar-refractivity contribution in [1.29, 1.82) is 0 Å². The van der Waals surface area contributed by atoms with Gasteiger partial charge in [-0.3, -0.25) is 4.79 Å². The molecule has 5 heteroatoms. The van der Waals surface area contributed by atoms with Crippen molar-refractivity contribution in [3.63, 3.8) is 0 Å². The number of carbonyl (C=O) groups excluding carboxylic acids is 1. The Labute approximate surface area is 169 Å². The van der Waals surface area contributed by atoms with E-state index >= 15 is 0 Å². The van der Waals surface area contributed by atoms with Crippen molar-refractivity contribution in [2.45, 2.75) is 6.54 Å². The summed E-state index contributed by atoms with van der Waals surface area (Å²) in [5.74, 6) is -0.0594. The monoisotopic (exact) mass is 401 g/mol. The van der Waals surface area contributed by atoms with Crippen molar-refractivity contribution in [1.82, 2.24) is 5.32 Å². The third-order valence-corrected chi connectivity index (χ3v) is 7.92. The standard InChI is InChI=1S/C24H20NO3P/c26-24(22-15-9-17-28-22)25-18-19-10-7-8-16-23(19)29(27,20-11-3-1-4-12-20)21-13-5-2-6-14-21/h1-17H,18H2,(H,25,26). The quantitative estimate of drug-likeness (QED) is 0.500. The molecule has 1 amide bonds. The fourth-order valence-electron chi connectivity index (χ4n) is 3.34. The highest BCUT2D eigenvalue weighted by Crippen LogP contribution is 2.43. The first-order valence-corrected chi connectivity index (χ1v) is 11.0. The van der Waals surface area contributed by atoms with Gasteiger partial charge in [-0.2, -0.15) is 0 Å². The lowest BCUT2D eigenvalue weighted by atomic mass is 10.2. The van der Waals surface area contributed by atoms with E-state index in [1.54, 1.807) is 12.1 Å². The van der Waals surface area contributed by atoms with Gasteiger partial charge in [-0.15, -0.1) is 0 Å². The molecule has 0 saturated carbocycles. The maximum Gasteiger partial charge on any atom is 0.287 e. The van der Waals surface area contributed by atoms with Gasteiger partial charge >= 0.3 is 0 Å². The molecule has 144 valence electrons. The zero-order chi connectivity index (χ0) is 20.1. The minimum atomic E-state index is -3.11. The van der Waals surface area contributed by atoms with Crippen molar-refractivity contribution in [3.8, 4) is 0 Å². The maximum atomic E-state index is 14.6. The molecule has 4 nitrogen and oxygen atoms in total. The molecule has 0 aliphatic heterocycles. The van der Waals surface area contributed by atoms with Crippen molar-refractivity contribution < 1.29 is 13.8 Å². The normalized spacial score (nSPS) is 11.2. The Balaban J connectivity index is 1.77. The lowest BCUT2D eigenvalue weighted by molar-refractivity contribution is 0.0923.